The van der Waals surface area contributed by atoms with Gasteiger partial charge in [-0.1, -0.05) is 88.3 Å². The van der Waals surface area contributed by atoms with Crippen LogP contribution in [0.5, 0.6) is 0 Å². The number of hydrogen-bond donors (Lipinski definition) is 0. The Hall–Kier alpha value is -1.82. The SMILES string of the molecule is CCCCCCCCCCc1c2c[c]ccc2cc2ccccc12. The molecule has 0 heteroatoms. The molecule has 0 spiro atoms. The molecule has 0 bridgehead atoms. The Morgan fingerprint density at radius 3 is 2.29 bits per heavy atom. The first-order valence-corrected chi connectivity index (χ1v) is 9.70. The van der Waals surface area contributed by atoms with Gasteiger partial charge in [0.2, 0.25) is 0 Å². The van der Waals surface area contributed by atoms with Crippen molar-refractivity contribution >= 4 is 21.5 Å². The van der Waals surface area contributed by atoms with Gasteiger partial charge in [-0.25, -0.2) is 0 Å². The van der Waals surface area contributed by atoms with Gasteiger partial charge in [-0.2, -0.15) is 0 Å². The van der Waals surface area contributed by atoms with Crippen LogP contribution >= 0.6 is 0 Å². The van der Waals surface area contributed by atoms with E-state index in [0.717, 1.165) is 0 Å². The van der Waals surface area contributed by atoms with Gasteiger partial charge in [0.25, 0.3) is 0 Å². The quantitative estimate of drug-likeness (QED) is 0.283. The van der Waals surface area contributed by atoms with Gasteiger partial charge in [-0.15, -0.1) is 0 Å². The first kappa shape index (κ1) is 17.0. The molecule has 0 saturated carbocycles. The molecule has 24 heavy (non-hydrogen) atoms. The monoisotopic (exact) mass is 317 g/mol. The molecule has 0 amide bonds. The minimum Gasteiger partial charge on any atom is -0.0654 e. The first-order valence-electron chi connectivity index (χ1n) is 9.70. The maximum atomic E-state index is 3.27. The maximum absolute atomic E-state index is 3.27. The molecule has 0 atom stereocenters. The van der Waals surface area contributed by atoms with Crippen LogP contribution in [0.4, 0.5) is 0 Å². The summed E-state index contributed by atoms with van der Waals surface area (Å²) in [5.41, 5.74) is 1.52. The molecule has 0 aliphatic heterocycles. The number of benzene rings is 3. The largest absolute Gasteiger partial charge is 0.0654 e. The minimum atomic E-state index is 1.19. The molecule has 0 unspecified atom stereocenters. The van der Waals surface area contributed by atoms with E-state index in [2.05, 4.69) is 55.5 Å². The van der Waals surface area contributed by atoms with Crippen LogP contribution in [0.2, 0.25) is 0 Å². The van der Waals surface area contributed by atoms with Crippen LogP contribution in [0.25, 0.3) is 21.5 Å². The predicted molar refractivity (Wildman–Crippen MR) is 107 cm³/mol. The summed E-state index contributed by atoms with van der Waals surface area (Å²) >= 11 is 0. The first-order chi connectivity index (χ1) is 11.9. The Morgan fingerprint density at radius 2 is 1.46 bits per heavy atom. The van der Waals surface area contributed by atoms with E-state index >= 15 is 0 Å². The summed E-state index contributed by atoms with van der Waals surface area (Å²) in [5.74, 6) is 0. The molecule has 125 valence electrons. The van der Waals surface area contributed by atoms with Crippen LogP contribution in [0, 0.1) is 6.07 Å². The number of aryl methyl sites for hydroxylation is 1. The second-order valence-corrected chi connectivity index (χ2v) is 6.95. The molecule has 3 aromatic carbocycles. The lowest BCUT2D eigenvalue weighted by Crippen LogP contribution is -1.91. The van der Waals surface area contributed by atoms with Crippen molar-refractivity contribution in [2.45, 2.75) is 64.7 Å². The van der Waals surface area contributed by atoms with E-state index in [4.69, 9.17) is 0 Å². The summed E-state index contributed by atoms with van der Waals surface area (Å²) in [6.07, 6.45) is 12.2. The third-order valence-electron chi connectivity index (χ3n) is 5.10. The molecule has 0 fully saturated rings. The van der Waals surface area contributed by atoms with Crippen LogP contribution in [0.1, 0.15) is 63.9 Å². The molecule has 0 saturated heterocycles. The second-order valence-electron chi connectivity index (χ2n) is 6.95. The summed E-state index contributed by atoms with van der Waals surface area (Å²) in [4.78, 5) is 0. The Balaban J connectivity index is 1.66. The topological polar surface area (TPSA) is 0 Å². The average molecular weight is 317 g/mol. The smallest absolute Gasteiger partial charge is 0.0139 e. The van der Waals surface area contributed by atoms with Crippen LogP contribution in [0.15, 0.2) is 48.5 Å². The lowest BCUT2D eigenvalue weighted by Gasteiger charge is -2.11. The molecular formula is C24H29. The van der Waals surface area contributed by atoms with Gasteiger partial charge < -0.3 is 0 Å². The van der Waals surface area contributed by atoms with Gasteiger partial charge in [0.1, 0.15) is 0 Å². The van der Waals surface area contributed by atoms with Gasteiger partial charge in [0, 0.05) is 0 Å². The van der Waals surface area contributed by atoms with E-state index in [9.17, 15) is 0 Å². The van der Waals surface area contributed by atoms with Crippen LogP contribution in [0.3, 0.4) is 0 Å². The van der Waals surface area contributed by atoms with Crippen molar-refractivity contribution in [2.24, 2.45) is 0 Å². The van der Waals surface area contributed by atoms with Gasteiger partial charge in [-0.3, -0.25) is 0 Å². The number of unbranched alkanes of at least 4 members (excludes halogenated alkanes) is 7. The summed E-state index contributed by atoms with van der Waals surface area (Å²) in [5, 5.41) is 5.53. The van der Waals surface area contributed by atoms with Gasteiger partial charge in [0.15, 0.2) is 0 Å². The van der Waals surface area contributed by atoms with Crippen molar-refractivity contribution in [1.82, 2.24) is 0 Å². The normalized spacial score (nSPS) is 11.4. The molecule has 0 N–H and O–H groups in total. The zero-order chi connectivity index (χ0) is 16.6. The number of fused-ring (bicyclic) bond motifs is 2. The fourth-order valence-electron chi connectivity index (χ4n) is 3.74. The summed E-state index contributed by atoms with van der Waals surface area (Å²) in [6, 6.07) is 20.8. The predicted octanol–water partition coefficient (Wildman–Crippen LogP) is 7.48. The molecule has 3 aromatic rings. The van der Waals surface area contributed by atoms with E-state index in [1.807, 2.05) is 6.07 Å². The van der Waals surface area contributed by atoms with Crippen LogP contribution in [-0.4, -0.2) is 0 Å². The molecule has 0 aromatic heterocycles. The van der Waals surface area contributed by atoms with E-state index < -0.39 is 0 Å². The van der Waals surface area contributed by atoms with Crippen molar-refractivity contribution in [3.05, 3.63) is 60.2 Å². The molecule has 0 nitrogen and oxygen atoms in total. The van der Waals surface area contributed by atoms with Crippen molar-refractivity contribution in [3.63, 3.8) is 0 Å². The highest BCUT2D eigenvalue weighted by Crippen LogP contribution is 2.29. The number of hydrogen-bond acceptors (Lipinski definition) is 0. The number of rotatable bonds is 9. The summed E-state index contributed by atoms with van der Waals surface area (Å²) < 4.78 is 0. The standard InChI is InChI=1S/C24H29/c1-2-3-4-5-6-7-8-9-18-24-22-16-12-10-14-20(22)19-21-15-11-13-17-23(21)24/h10-12,14-17,19H,2-9,18H2,1H3. The van der Waals surface area contributed by atoms with Crippen molar-refractivity contribution in [3.8, 4) is 0 Å². The Kier molecular flexibility index (Phi) is 6.29. The molecule has 0 aliphatic carbocycles. The lowest BCUT2D eigenvalue weighted by atomic mass is 9.93. The highest BCUT2D eigenvalue weighted by molar-refractivity contribution is 6.02. The molecule has 0 aliphatic rings. The Bertz CT molecular complexity index is 715. The molecular weight excluding hydrogens is 288 g/mol. The van der Waals surface area contributed by atoms with Gasteiger partial charge in [0.05, 0.1) is 0 Å². The van der Waals surface area contributed by atoms with Crippen LogP contribution < -0.4 is 0 Å². The highest BCUT2D eigenvalue weighted by atomic mass is 14.1. The third kappa shape index (κ3) is 4.17. The zero-order valence-corrected chi connectivity index (χ0v) is 15.0. The average Bonchev–Trinajstić information content (AvgIpc) is 2.63. The van der Waals surface area contributed by atoms with Crippen molar-refractivity contribution < 1.29 is 0 Å². The molecule has 3 rings (SSSR count). The summed E-state index contributed by atoms with van der Waals surface area (Å²) in [6.45, 7) is 2.28. The molecule has 0 heterocycles. The molecule has 1 radical (unpaired) electrons. The van der Waals surface area contributed by atoms with Gasteiger partial charge >= 0.3 is 0 Å². The third-order valence-corrected chi connectivity index (χ3v) is 5.10. The van der Waals surface area contributed by atoms with Gasteiger partial charge in [-0.05, 0) is 58.1 Å². The fraction of sp³-hybridized carbons (Fsp3) is 0.417. The van der Waals surface area contributed by atoms with E-state index in [0.29, 0.717) is 0 Å². The Labute approximate surface area is 146 Å². The zero-order valence-electron chi connectivity index (χ0n) is 15.0. The maximum Gasteiger partial charge on any atom is -0.0139 e. The Morgan fingerprint density at radius 1 is 0.750 bits per heavy atom. The lowest BCUT2D eigenvalue weighted by molar-refractivity contribution is 0.576. The van der Waals surface area contributed by atoms with E-state index in [-0.39, 0.29) is 0 Å². The highest BCUT2D eigenvalue weighted by Gasteiger charge is 2.07. The summed E-state index contributed by atoms with van der Waals surface area (Å²) in [7, 11) is 0. The minimum absolute atomic E-state index is 1.19. The van der Waals surface area contributed by atoms with Crippen LogP contribution in [-0.2, 0) is 6.42 Å². The van der Waals surface area contributed by atoms with E-state index in [1.54, 1.807) is 0 Å². The fourth-order valence-corrected chi connectivity index (χ4v) is 3.74. The second kappa shape index (κ2) is 8.87. The van der Waals surface area contributed by atoms with Crippen molar-refractivity contribution in [1.29, 1.82) is 0 Å². The van der Waals surface area contributed by atoms with E-state index in [1.165, 1.54) is 84.9 Å². The van der Waals surface area contributed by atoms with Crippen molar-refractivity contribution in [2.75, 3.05) is 0 Å².